The average molecular weight is 1150 g/mol. The van der Waals surface area contributed by atoms with Gasteiger partial charge in [-0.3, -0.25) is 0 Å². The molecule has 2 aliphatic rings. The van der Waals surface area contributed by atoms with Gasteiger partial charge in [0.2, 0.25) is 0 Å². The van der Waals surface area contributed by atoms with E-state index < -0.39 is 0 Å². The van der Waals surface area contributed by atoms with E-state index in [0.717, 1.165) is 89.9 Å². The van der Waals surface area contributed by atoms with Crippen LogP contribution in [-0.2, 0) is 27.1 Å². The third-order valence-corrected chi connectivity index (χ3v) is 18.8. The molecule has 5 nitrogen and oxygen atoms in total. The lowest BCUT2D eigenvalue weighted by Gasteiger charge is -2.42. The molecule has 2 aromatic heterocycles. The summed E-state index contributed by atoms with van der Waals surface area (Å²) >= 11 is 0. The molecule has 0 saturated carbocycles. The summed E-state index contributed by atoms with van der Waals surface area (Å²) < 4.78 is 9.61. The summed E-state index contributed by atoms with van der Waals surface area (Å²) in [6.45, 7) is 34.4. The Bertz CT molecular complexity index is 4550. The van der Waals surface area contributed by atoms with Gasteiger partial charge in [0.05, 0.1) is 16.9 Å². The number of fused-ring (bicyclic) bond motifs is 9. The lowest BCUT2D eigenvalue weighted by molar-refractivity contribution is 0.590. The van der Waals surface area contributed by atoms with Gasteiger partial charge < -0.3 is 23.7 Å². The molecule has 0 amide bonds. The van der Waals surface area contributed by atoms with Gasteiger partial charge in [-0.05, 0) is 180 Å². The van der Waals surface area contributed by atoms with Gasteiger partial charge in [-0.1, -0.05) is 219 Å². The van der Waals surface area contributed by atoms with Gasteiger partial charge in [-0.2, -0.15) is 0 Å². The maximum Gasteiger partial charge on any atom is 0.252 e. The molecule has 12 aromatic rings. The summed E-state index contributed by atoms with van der Waals surface area (Å²) in [6, 6.07) is 83.2. The Kier molecular flexibility index (Phi) is 13.1. The topological polar surface area (TPSA) is 27.8 Å². The molecule has 0 unspecified atom stereocenters. The lowest BCUT2D eigenvalue weighted by atomic mass is 9.33. The molecule has 0 aliphatic carbocycles. The Hall–Kier alpha value is -9.00. The number of hydrogen-bond donors (Lipinski definition) is 0. The minimum atomic E-state index is -0.147. The van der Waals surface area contributed by atoms with Crippen molar-refractivity contribution in [3.63, 3.8) is 0 Å². The highest BCUT2D eigenvalue weighted by atomic mass is 16.3. The molecule has 0 atom stereocenters. The average Bonchev–Trinajstić information content (AvgIpc) is 1.37. The normalized spacial score (nSPS) is 13.4. The summed E-state index contributed by atoms with van der Waals surface area (Å²) in [5, 5.41) is 2.21. The van der Waals surface area contributed by atoms with Gasteiger partial charge in [0.15, 0.2) is 5.58 Å². The first-order chi connectivity index (χ1) is 41.8. The second kappa shape index (κ2) is 20.3. The van der Waals surface area contributed by atoms with Crippen LogP contribution in [0.1, 0.15) is 132 Å². The van der Waals surface area contributed by atoms with Crippen LogP contribution in [0, 0.1) is 0 Å². The Balaban J connectivity index is 1.13. The smallest absolute Gasteiger partial charge is 0.252 e. The maximum atomic E-state index is 7.05. The molecule has 2 aliphatic heterocycles. The molecule has 10 aromatic carbocycles. The number of furan rings is 1. The van der Waals surface area contributed by atoms with E-state index in [9.17, 15) is 0 Å². The molecule has 14 rings (SSSR count). The van der Waals surface area contributed by atoms with Crippen LogP contribution in [0.2, 0.25) is 0 Å². The van der Waals surface area contributed by atoms with Crippen LogP contribution < -0.4 is 31.1 Å². The van der Waals surface area contributed by atoms with Crippen molar-refractivity contribution < 1.29 is 4.42 Å². The van der Waals surface area contributed by atoms with Crippen molar-refractivity contribution in [1.82, 2.24) is 4.57 Å². The van der Waals surface area contributed by atoms with Crippen LogP contribution >= 0.6 is 0 Å². The van der Waals surface area contributed by atoms with Crippen LogP contribution in [0.3, 0.4) is 0 Å². The van der Waals surface area contributed by atoms with E-state index in [0.29, 0.717) is 0 Å². The van der Waals surface area contributed by atoms with Gasteiger partial charge in [0, 0.05) is 61.8 Å². The number of rotatable bonds is 8. The highest BCUT2D eigenvalue weighted by molar-refractivity contribution is 7.00. The van der Waals surface area contributed by atoms with Crippen LogP contribution in [0.15, 0.2) is 223 Å². The standard InChI is InChI=1S/C82H81BN4O/c1-78(2,3)53-28-37-58(38-29-53)84(59-39-30-54(31-40-59)79(4,5)6)62-45-46-67-70(49-62)86(69-47-36-57(82(13,14)15)48-66(69)52-22-17-16-18-23-52)71-50-63(85(60-41-32-55(33-42-60)80(7,8)9)61-43-34-56(35-44-61)81(10,11)12)51-72-74(71)83(67)68-26-21-25-65-75(68)87(72)76-64-24-19-20-27-73(64)88-77(65)76/h16-51H,1-15H3. The van der Waals surface area contributed by atoms with Crippen molar-refractivity contribution in [3.8, 4) is 16.8 Å². The Morgan fingerprint density at radius 3 is 1.30 bits per heavy atom. The largest absolute Gasteiger partial charge is 0.454 e. The van der Waals surface area contributed by atoms with Crippen LogP contribution in [0.25, 0.3) is 49.8 Å². The first-order valence-electron chi connectivity index (χ1n) is 31.6. The van der Waals surface area contributed by atoms with Gasteiger partial charge in [-0.15, -0.1) is 0 Å². The SMILES string of the molecule is CC(C)(C)c1ccc(N(c2ccc(C(C)(C)C)cc2)c2ccc3c(c2)N(c2ccc(C(C)(C)C)cc2-c2ccccc2)c2cc(N(c4ccc(C(C)(C)C)cc4)c4ccc(C(C)(C)C)cc4)cc4c2B3c2cccc3c5oc6ccccc6c5n-4c23)cc1. The van der Waals surface area contributed by atoms with Crippen molar-refractivity contribution >= 4 is 107 Å². The molecule has 6 heteroatoms. The molecule has 0 spiro atoms. The van der Waals surface area contributed by atoms with E-state index in [1.165, 1.54) is 55.3 Å². The monoisotopic (exact) mass is 1150 g/mol. The molecule has 0 N–H and O–H groups in total. The van der Waals surface area contributed by atoms with E-state index in [2.05, 4.69) is 342 Å². The van der Waals surface area contributed by atoms with Crippen molar-refractivity contribution in [3.05, 3.63) is 246 Å². The van der Waals surface area contributed by atoms with Crippen LogP contribution in [0.5, 0.6) is 0 Å². The maximum absolute atomic E-state index is 7.05. The number of benzene rings is 10. The van der Waals surface area contributed by atoms with E-state index in [1.807, 2.05) is 0 Å². The second-order valence-corrected chi connectivity index (χ2v) is 30.0. The second-order valence-electron chi connectivity index (χ2n) is 30.0. The van der Waals surface area contributed by atoms with Gasteiger partial charge in [0.1, 0.15) is 11.1 Å². The number of nitrogens with zero attached hydrogens (tertiary/aromatic N) is 4. The van der Waals surface area contributed by atoms with E-state index in [4.69, 9.17) is 4.42 Å². The molecular weight excluding hydrogens is 1070 g/mol. The molecule has 0 radical (unpaired) electrons. The molecule has 0 bridgehead atoms. The Labute approximate surface area is 522 Å². The molecule has 88 heavy (non-hydrogen) atoms. The fourth-order valence-corrected chi connectivity index (χ4v) is 13.8. The number of anilines is 9. The number of aromatic nitrogens is 1. The zero-order chi connectivity index (χ0) is 61.6. The lowest BCUT2D eigenvalue weighted by Crippen LogP contribution is -2.60. The van der Waals surface area contributed by atoms with Crippen LogP contribution in [-0.4, -0.2) is 11.3 Å². The quantitative estimate of drug-likeness (QED) is 0.142. The zero-order valence-corrected chi connectivity index (χ0v) is 54.1. The predicted molar refractivity (Wildman–Crippen MR) is 378 cm³/mol. The van der Waals surface area contributed by atoms with Crippen molar-refractivity contribution in [1.29, 1.82) is 0 Å². The third kappa shape index (κ3) is 9.53. The highest BCUT2D eigenvalue weighted by Gasteiger charge is 2.44. The summed E-state index contributed by atoms with van der Waals surface area (Å²) in [7, 11) is 0. The number of hydrogen-bond acceptors (Lipinski definition) is 4. The summed E-state index contributed by atoms with van der Waals surface area (Å²) in [5.41, 5.74) is 27.4. The third-order valence-electron chi connectivity index (χ3n) is 18.8. The van der Waals surface area contributed by atoms with Crippen molar-refractivity contribution in [2.75, 3.05) is 14.7 Å². The summed E-state index contributed by atoms with van der Waals surface area (Å²) in [6.07, 6.45) is 0. The van der Waals surface area contributed by atoms with E-state index in [1.54, 1.807) is 0 Å². The first-order valence-corrected chi connectivity index (χ1v) is 31.6. The molecule has 0 saturated heterocycles. The Morgan fingerprint density at radius 1 is 0.330 bits per heavy atom. The minimum Gasteiger partial charge on any atom is -0.454 e. The molecular formula is C82H81BN4O. The summed E-state index contributed by atoms with van der Waals surface area (Å²) in [4.78, 5) is 7.59. The molecule has 0 fully saturated rings. The predicted octanol–water partition coefficient (Wildman–Crippen LogP) is 21.2. The van der Waals surface area contributed by atoms with E-state index in [-0.39, 0.29) is 33.8 Å². The fraction of sp³-hybridized carbons (Fsp3) is 0.244. The van der Waals surface area contributed by atoms with E-state index >= 15 is 0 Å². The van der Waals surface area contributed by atoms with Gasteiger partial charge in [-0.25, -0.2) is 0 Å². The minimum absolute atomic E-state index is 0.00611. The highest BCUT2D eigenvalue weighted by Crippen LogP contribution is 2.51. The Morgan fingerprint density at radius 2 is 0.773 bits per heavy atom. The van der Waals surface area contributed by atoms with Crippen molar-refractivity contribution in [2.45, 2.75) is 131 Å². The molecule has 438 valence electrons. The molecule has 4 heterocycles. The van der Waals surface area contributed by atoms with Crippen LogP contribution in [0.4, 0.5) is 51.2 Å². The number of para-hydroxylation sites is 2. The first kappa shape index (κ1) is 56.8. The van der Waals surface area contributed by atoms with Crippen molar-refractivity contribution in [2.24, 2.45) is 0 Å². The van der Waals surface area contributed by atoms with Gasteiger partial charge >= 0.3 is 0 Å². The fourth-order valence-electron chi connectivity index (χ4n) is 13.8. The van der Waals surface area contributed by atoms with Gasteiger partial charge in [0.25, 0.3) is 6.71 Å². The zero-order valence-electron chi connectivity index (χ0n) is 54.1. The summed E-state index contributed by atoms with van der Waals surface area (Å²) in [5.74, 6) is 0.